The summed E-state index contributed by atoms with van der Waals surface area (Å²) in [6, 6.07) is 15.0. The summed E-state index contributed by atoms with van der Waals surface area (Å²) in [6.07, 6.45) is 0.730. The molecule has 7 heteroatoms. The molecule has 2 N–H and O–H groups in total. The molecule has 0 amide bonds. The molecule has 0 aliphatic rings. The van der Waals surface area contributed by atoms with Crippen LogP contribution in [-0.4, -0.2) is 52.2 Å². The second-order valence-electron chi connectivity index (χ2n) is 6.51. The van der Waals surface area contributed by atoms with Crippen LogP contribution < -0.4 is 15.4 Å². The van der Waals surface area contributed by atoms with Gasteiger partial charge in [-0.3, -0.25) is 4.99 Å². The number of ether oxygens (including phenoxy) is 1. The number of guanidine groups is 1. The van der Waals surface area contributed by atoms with Gasteiger partial charge < -0.3 is 20.3 Å². The molecule has 0 bridgehead atoms. The highest BCUT2D eigenvalue weighted by Crippen LogP contribution is 2.20. The van der Waals surface area contributed by atoms with Gasteiger partial charge in [0.2, 0.25) is 0 Å². The molecule has 1 atom stereocenters. The van der Waals surface area contributed by atoms with Crippen LogP contribution in [0, 0.1) is 5.82 Å². The maximum atomic E-state index is 13.2. The van der Waals surface area contributed by atoms with Gasteiger partial charge in [-0.1, -0.05) is 24.3 Å². The summed E-state index contributed by atoms with van der Waals surface area (Å²) in [5.74, 6) is 1.37. The van der Waals surface area contributed by atoms with Crippen molar-refractivity contribution in [3.05, 3.63) is 65.5 Å². The molecule has 0 aromatic heterocycles. The van der Waals surface area contributed by atoms with Crippen LogP contribution in [0.4, 0.5) is 4.39 Å². The lowest BCUT2D eigenvalue weighted by Gasteiger charge is -2.26. The fourth-order valence-corrected chi connectivity index (χ4v) is 2.86. The summed E-state index contributed by atoms with van der Waals surface area (Å²) in [6.45, 7) is 1.39. The number of halogens is 2. The van der Waals surface area contributed by atoms with E-state index in [1.165, 1.54) is 11.6 Å². The van der Waals surface area contributed by atoms with Gasteiger partial charge in [0.25, 0.3) is 0 Å². The molecule has 0 saturated heterocycles. The molecule has 0 aliphatic carbocycles. The molecule has 154 valence electrons. The summed E-state index contributed by atoms with van der Waals surface area (Å²) in [4.78, 5) is 6.43. The van der Waals surface area contributed by atoms with E-state index in [0.29, 0.717) is 13.1 Å². The average molecular weight is 500 g/mol. The second-order valence-corrected chi connectivity index (χ2v) is 6.51. The number of methoxy groups -OCH3 is 1. The zero-order valence-electron chi connectivity index (χ0n) is 16.9. The smallest absolute Gasteiger partial charge is 0.191 e. The van der Waals surface area contributed by atoms with Crippen molar-refractivity contribution in [2.24, 2.45) is 4.99 Å². The van der Waals surface area contributed by atoms with Crippen LogP contribution in [0.25, 0.3) is 0 Å². The van der Waals surface area contributed by atoms with E-state index in [1.54, 1.807) is 26.3 Å². The quantitative estimate of drug-likeness (QED) is 0.331. The molecular formula is C21H30FIN4O. The van der Waals surface area contributed by atoms with Crippen molar-refractivity contribution in [2.45, 2.75) is 12.5 Å². The van der Waals surface area contributed by atoms with Crippen LogP contribution >= 0.6 is 24.0 Å². The molecule has 0 spiro atoms. The van der Waals surface area contributed by atoms with Gasteiger partial charge >= 0.3 is 0 Å². The van der Waals surface area contributed by atoms with Crippen LogP contribution in [0.2, 0.25) is 0 Å². The van der Waals surface area contributed by atoms with Gasteiger partial charge in [0.05, 0.1) is 13.2 Å². The van der Waals surface area contributed by atoms with Crippen LogP contribution in [-0.2, 0) is 6.42 Å². The Morgan fingerprint density at radius 2 is 1.86 bits per heavy atom. The van der Waals surface area contributed by atoms with Gasteiger partial charge in [-0.2, -0.15) is 0 Å². The van der Waals surface area contributed by atoms with E-state index in [-0.39, 0.29) is 35.8 Å². The fraction of sp³-hybridized carbons (Fsp3) is 0.381. The minimum Gasteiger partial charge on any atom is -0.497 e. The summed E-state index contributed by atoms with van der Waals surface area (Å²) >= 11 is 0. The van der Waals surface area contributed by atoms with E-state index in [1.807, 2.05) is 18.2 Å². The number of likely N-dealkylation sites (N-methyl/N-ethyl adjacent to an activating group) is 1. The molecule has 0 fully saturated rings. The van der Waals surface area contributed by atoms with Crippen molar-refractivity contribution >= 4 is 29.9 Å². The minimum absolute atomic E-state index is 0. The van der Waals surface area contributed by atoms with Gasteiger partial charge in [-0.25, -0.2) is 4.39 Å². The number of nitrogens with one attached hydrogen (secondary N) is 2. The third kappa shape index (κ3) is 7.63. The zero-order chi connectivity index (χ0) is 19.6. The molecule has 0 radical (unpaired) electrons. The highest BCUT2D eigenvalue weighted by Gasteiger charge is 2.14. The van der Waals surface area contributed by atoms with Crippen molar-refractivity contribution in [3.63, 3.8) is 0 Å². The van der Waals surface area contributed by atoms with E-state index >= 15 is 0 Å². The third-order valence-electron chi connectivity index (χ3n) is 4.41. The van der Waals surface area contributed by atoms with Crippen molar-refractivity contribution in [3.8, 4) is 5.75 Å². The van der Waals surface area contributed by atoms with Crippen molar-refractivity contribution in [2.75, 3.05) is 41.3 Å². The number of benzene rings is 2. The van der Waals surface area contributed by atoms with Gasteiger partial charge in [-0.05, 0) is 55.9 Å². The predicted molar refractivity (Wildman–Crippen MR) is 124 cm³/mol. The van der Waals surface area contributed by atoms with Crippen LogP contribution in [0.3, 0.4) is 0 Å². The Balaban J connectivity index is 0.00000392. The Morgan fingerprint density at radius 3 is 2.43 bits per heavy atom. The summed E-state index contributed by atoms with van der Waals surface area (Å²) in [5.41, 5.74) is 2.16. The maximum Gasteiger partial charge on any atom is 0.191 e. The molecule has 0 heterocycles. The lowest BCUT2D eigenvalue weighted by molar-refractivity contribution is 0.298. The van der Waals surface area contributed by atoms with E-state index in [2.05, 4.69) is 46.8 Å². The van der Waals surface area contributed by atoms with Crippen LogP contribution in [0.1, 0.15) is 17.2 Å². The molecule has 2 aromatic rings. The summed E-state index contributed by atoms with van der Waals surface area (Å²) in [7, 11) is 7.52. The molecular weight excluding hydrogens is 470 g/mol. The predicted octanol–water partition coefficient (Wildman–Crippen LogP) is 3.46. The Kier molecular flexibility index (Phi) is 10.8. The summed E-state index contributed by atoms with van der Waals surface area (Å²) in [5, 5.41) is 6.65. The number of hydrogen-bond acceptors (Lipinski definition) is 3. The first-order valence-electron chi connectivity index (χ1n) is 9.03. The maximum absolute atomic E-state index is 13.2. The van der Waals surface area contributed by atoms with E-state index < -0.39 is 0 Å². The first-order valence-corrected chi connectivity index (χ1v) is 9.03. The monoisotopic (exact) mass is 500 g/mol. The number of aliphatic imine (C=N–C) groups is 1. The molecule has 2 aromatic carbocycles. The lowest BCUT2D eigenvalue weighted by Crippen LogP contribution is -2.42. The van der Waals surface area contributed by atoms with E-state index in [4.69, 9.17) is 4.74 Å². The molecule has 0 aliphatic heterocycles. The first-order chi connectivity index (χ1) is 13.0. The topological polar surface area (TPSA) is 48.9 Å². The van der Waals surface area contributed by atoms with Crippen molar-refractivity contribution < 1.29 is 9.13 Å². The zero-order valence-corrected chi connectivity index (χ0v) is 19.2. The largest absolute Gasteiger partial charge is 0.497 e. The Labute approximate surface area is 184 Å². The van der Waals surface area contributed by atoms with Gasteiger partial charge in [0.1, 0.15) is 11.6 Å². The van der Waals surface area contributed by atoms with Crippen LogP contribution in [0.5, 0.6) is 5.75 Å². The molecule has 2 rings (SSSR count). The average Bonchev–Trinajstić information content (AvgIpc) is 2.67. The van der Waals surface area contributed by atoms with Gasteiger partial charge in [-0.15, -0.1) is 24.0 Å². The van der Waals surface area contributed by atoms with Crippen LogP contribution in [0.15, 0.2) is 53.5 Å². The lowest BCUT2D eigenvalue weighted by atomic mass is 10.1. The Bertz CT molecular complexity index is 737. The molecule has 5 nitrogen and oxygen atoms in total. The van der Waals surface area contributed by atoms with Gasteiger partial charge in [0.15, 0.2) is 5.96 Å². The highest BCUT2D eigenvalue weighted by molar-refractivity contribution is 14.0. The number of nitrogens with zero attached hydrogens (tertiary/aromatic N) is 2. The first kappa shape index (κ1) is 24.2. The summed E-state index contributed by atoms with van der Waals surface area (Å²) < 4.78 is 18.5. The van der Waals surface area contributed by atoms with Gasteiger partial charge in [0, 0.05) is 20.1 Å². The van der Waals surface area contributed by atoms with E-state index in [0.717, 1.165) is 23.7 Å². The second kappa shape index (κ2) is 12.6. The fourth-order valence-electron chi connectivity index (χ4n) is 2.86. The molecule has 28 heavy (non-hydrogen) atoms. The molecule has 0 saturated carbocycles. The highest BCUT2D eigenvalue weighted by atomic mass is 127. The Hall–Kier alpha value is -1.87. The van der Waals surface area contributed by atoms with E-state index in [9.17, 15) is 4.39 Å². The van der Waals surface area contributed by atoms with Crippen molar-refractivity contribution in [1.29, 1.82) is 0 Å². The molecule has 1 unspecified atom stereocenters. The normalized spacial score (nSPS) is 12.3. The third-order valence-corrected chi connectivity index (χ3v) is 4.41. The minimum atomic E-state index is -0.205. The number of hydrogen-bond donors (Lipinski definition) is 2. The SMILES string of the molecule is CN=C(NCCc1cccc(F)c1)NCC(c1ccc(OC)cc1)N(C)C.I. The van der Waals surface area contributed by atoms with Crippen molar-refractivity contribution in [1.82, 2.24) is 15.5 Å². The number of rotatable bonds is 8. The Morgan fingerprint density at radius 1 is 1.14 bits per heavy atom. The standard InChI is InChI=1S/C21H29FN4O.HI/c1-23-21(24-13-12-16-6-5-7-18(22)14-16)25-15-20(26(2)3)17-8-10-19(27-4)11-9-17;/h5-11,14,20H,12-13,15H2,1-4H3,(H2,23,24,25);1H.